The first-order chi connectivity index (χ1) is 7.45. The largest absolute Gasteiger partial charge is 0.496 e. The number of methoxy groups -OCH3 is 1. The van der Waals surface area contributed by atoms with E-state index in [4.69, 9.17) is 49.7 Å². The van der Waals surface area contributed by atoms with Crippen molar-refractivity contribution in [3.05, 3.63) is 29.8 Å². The van der Waals surface area contributed by atoms with Gasteiger partial charge in [0.05, 0.1) is 7.11 Å². The molecular formula is C10H10Cl3NO2. The zero-order chi connectivity index (χ0) is 12.2. The number of rotatable bonds is 3. The molecule has 0 aliphatic carbocycles. The quantitative estimate of drug-likeness (QED) is 0.523. The first kappa shape index (κ1) is 13.4. The van der Waals surface area contributed by atoms with Gasteiger partial charge in [-0.25, -0.2) is 0 Å². The van der Waals surface area contributed by atoms with E-state index in [1.807, 2.05) is 18.2 Å². The Kier molecular flexibility index (Phi) is 4.71. The van der Waals surface area contributed by atoms with Crippen LogP contribution in [0.2, 0.25) is 0 Å². The highest BCUT2D eigenvalue weighted by molar-refractivity contribution is 6.75. The van der Waals surface area contributed by atoms with Crippen LogP contribution >= 0.6 is 34.8 Å². The molecule has 6 heteroatoms. The predicted octanol–water partition coefficient (Wildman–Crippen LogP) is 3.56. The molecule has 0 aliphatic heterocycles. The molecule has 3 nitrogen and oxygen atoms in total. The fraction of sp³-hybridized carbons (Fsp3) is 0.300. The Hall–Kier alpha value is -0.640. The van der Waals surface area contributed by atoms with Crippen LogP contribution in [-0.2, 0) is 11.3 Å². The Morgan fingerprint density at radius 1 is 1.31 bits per heavy atom. The molecule has 0 saturated heterocycles. The molecule has 0 spiro atoms. The third-order valence-electron chi connectivity index (χ3n) is 1.82. The lowest BCUT2D eigenvalue weighted by molar-refractivity contribution is 0.276. The summed E-state index contributed by atoms with van der Waals surface area (Å²) in [7, 11) is 1.55. The van der Waals surface area contributed by atoms with E-state index in [2.05, 4.69) is 0 Å². The van der Waals surface area contributed by atoms with E-state index in [0.717, 1.165) is 5.56 Å². The first-order valence-corrected chi connectivity index (χ1v) is 5.49. The average molecular weight is 283 g/mol. The summed E-state index contributed by atoms with van der Waals surface area (Å²) in [5.41, 5.74) is 0.781. The lowest BCUT2D eigenvalue weighted by Gasteiger charge is -2.14. The first-order valence-electron chi connectivity index (χ1n) is 4.35. The van der Waals surface area contributed by atoms with Crippen LogP contribution in [0, 0.1) is 5.41 Å². The molecule has 0 amide bonds. The zero-order valence-corrected chi connectivity index (χ0v) is 10.7. The van der Waals surface area contributed by atoms with Crippen molar-refractivity contribution in [2.24, 2.45) is 0 Å². The maximum absolute atomic E-state index is 7.36. The minimum Gasteiger partial charge on any atom is -0.496 e. The standard InChI is InChI=1S/C10H10Cl3NO2/c1-15-8-5-3-2-4-7(8)6-16-9(14)10(11,12)13/h2-5,14H,6H2,1H3. The van der Waals surface area contributed by atoms with Gasteiger partial charge in [-0.3, -0.25) is 5.41 Å². The van der Waals surface area contributed by atoms with Crippen LogP contribution in [0.15, 0.2) is 24.3 Å². The van der Waals surface area contributed by atoms with E-state index >= 15 is 0 Å². The van der Waals surface area contributed by atoms with E-state index in [0.29, 0.717) is 5.75 Å². The Labute approximate surface area is 109 Å². The highest BCUT2D eigenvalue weighted by atomic mass is 35.6. The second-order valence-electron chi connectivity index (χ2n) is 2.93. The molecule has 1 aromatic rings. The van der Waals surface area contributed by atoms with Crippen molar-refractivity contribution >= 4 is 40.7 Å². The zero-order valence-electron chi connectivity index (χ0n) is 8.47. The SMILES string of the molecule is COc1ccccc1COC(=N)C(Cl)(Cl)Cl. The molecule has 0 bridgehead atoms. The highest BCUT2D eigenvalue weighted by Crippen LogP contribution is 2.28. The molecule has 1 aromatic carbocycles. The monoisotopic (exact) mass is 281 g/mol. The van der Waals surface area contributed by atoms with Crippen LogP contribution in [0.3, 0.4) is 0 Å². The second kappa shape index (κ2) is 5.62. The summed E-state index contributed by atoms with van der Waals surface area (Å²) in [4.78, 5) is 0. The molecule has 0 unspecified atom stereocenters. The molecule has 0 aromatic heterocycles. The Balaban J connectivity index is 2.65. The molecule has 0 heterocycles. The summed E-state index contributed by atoms with van der Waals surface area (Å²) in [6.45, 7) is 0.122. The van der Waals surface area contributed by atoms with Crippen LogP contribution in [0.5, 0.6) is 5.75 Å². The number of halogens is 3. The van der Waals surface area contributed by atoms with Crippen molar-refractivity contribution in [1.82, 2.24) is 0 Å². The highest BCUT2D eigenvalue weighted by Gasteiger charge is 2.28. The van der Waals surface area contributed by atoms with Crippen LogP contribution in [0.4, 0.5) is 0 Å². The lowest BCUT2D eigenvalue weighted by atomic mass is 10.2. The van der Waals surface area contributed by atoms with Crippen LogP contribution in [0.25, 0.3) is 0 Å². The summed E-state index contributed by atoms with van der Waals surface area (Å²) >= 11 is 16.4. The van der Waals surface area contributed by atoms with Crippen molar-refractivity contribution in [3.8, 4) is 5.75 Å². The number of hydrogen-bond donors (Lipinski definition) is 1. The molecule has 0 atom stereocenters. The minimum atomic E-state index is -1.83. The molecule has 16 heavy (non-hydrogen) atoms. The number of para-hydroxylation sites is 1. The van der Waals surface area contributed by atoms with Gasteiger partial charge in [-0.05, 0) is 6.07 Å². The average Bonchev–Trinajstić information content (AvgIpc) is 2.24. The van der Waals surface area contributed by atoms with Gasteiger partial charge in [-0.2, -0.15) is 0 Å². The van der Waals surface area contributed by atoms with Crippen molar-refractivity contribution < 1.29 is 9.47 Å². The van der Waals surface area contributed by atoms with Crippen molar-refractivity contribution in [2.45, 2.75) is 10.4 Å². The summed E-state index contributed by atoms with van der Waals surface area (Å²) in [6.07, 6.45) is 0. The normalized spacial score (nSPS) is 11.0. The molecule has 0 saturated carbocycles. The van der Waals surface area contributed by atoms with E-state index < -0.39 is 9.69 Å². The molecule has 1 N–H and O–H groups in total. The third-order valence-corrected chi connectivity index (χ3v) is 2.34. The summed E-state index contributed by atoms with van der Waals surface area (Å²) in [5, 5.41) is 7.36. The number of ether oxygens (including phenoxy) is 2. The van der Waals surface area contributed by atoms with E-state index in [1.54, 1.807) is 13.2 Å². The van der Waals surface area contributed by atoms with Gasteiger partial charge in [0.25, 0.3) is 3.79 Å². The minimum absolute atomic E-state index is 0.122. The molecule has 0 aliphatic rings. The topological polar surface area (TPSA) is 42.3 Å². The third kappa shape index (κ3) is 3.74. The van der Waals surface area contributed by atoms with Gasteiger partial charge in [-0.1, -0.05) is 53.0 Å². The van der Waals surface area contributed by atoms with Crippen LogP contribution < -0.4 is 4.74 Å². The Morgan fingerprint density at radius 3 is 2.50 bits per heavy atom. The fourth-order valence-electron chi connectivity index (χ4n) is 1.05. The van der Waals surface area contributed by atoms with Gasteiger partial charge in [0.1, 0.15) is 12.4 Å². The summed E-state index contributed by atoms with van der Waals surface area (Å²) in [6, 6.07) is 7.27. The number of nitrogens with one attached hydrogen (secondary N) is 1. The molecule has 88 valence electrons. The Morgan fingerprint density at radius 2 is 1.94 bits per heavy atom. The van der Waals surface area contributed by atoms with Gasteiger partial charge in [0.15, 0.2) is 0 Å². The van der Waals surface area contributed by atoms with E-state index in [1.165, 1.54) is 0 Å². The van der Waals surface area contributed by atoms with Gasteiger partial charge < -0.3 is 9.47 Å². The van der Waals surface area contributed by atoms with E-state index in [-0.39, 0.29) is 6.61 Å². The van der Waals surface area contributed by atoms with Crippen LogP contribution in [-0.4, -0.2) is 16.8 Å². The van der Waals surface area contributed by atoms with Crippen LogP contribution in [0.1, 0.15) is 5.56 Å². The maximum atomic E-state index is 7.36. The van der Waals surface area contributed by atoms with Crippen molar-refractivity contribution in [1.29, 1.82) is 5.41 Å². The van der Waals surface area contributed by atoms with Crippen molar-refractivity contribution in [2.75, 3.05) is 7.11 Å². The number of alkyl halides is 3. The van der Waals surface area contributed by atoms with Gasteiger partial charge in [0, 0.05) is 5.56 Å². The molecule has 0 fully saturated rings. The summed E-state index contributed by atoms with van der Waals surface area (Å²) in [5.74, 6) is 0.253. The lowest BCUT2D eigenvalue weighted by Crippen LogP contribution is -2.21. The Bertz CT molecular complexity index is 377. The molecule has 0 radical (unpaired) electrons. The smallest absolute Gasteiger partial charge is 0.265 e. The van der Waals surface area contributed by atoms with Gasteiger partial charge in [-0.15, -0.1) is 0 Å². The number of hydrogen-bond acceptors (Lipinski definition) is 3. The number of benzene rings is 1. The van der Waals surface area contributed by atoms with E-state index in [9.17, 15) is 0 Å². The molecular weight excluding hydrogens is 272 g/mol. The van der Waals surface area contributed by atoms with Gasteiger partial charge >= 0.3 is 0 Å². The fourth-order valence-corrected chi connectivity index (χ4v) is 1.22. The van der Waals surface area contributed by atoms with Gasteiger partial charge in [0.2, 0.25) is 5.90 Å². The molecule has 1 rings (SSSR count). The summed E-state index contributed by atoms with van der Waals surface area (Å²) < 4.78 is 8.32. The second-order valence-corrected chi connectivity index (χ2v) is 5.21. The van der Waals surface area contributed by atoms with Crippen molar-refractivity contribution in [3.63, 3.8) is 0 Å². The predicted molar refractivity (Wildman–Crippen MR) is 65.8 cm³/mol. The maximum Gasteiger partial charge on any atom is 0.265 e.